The largest absolute Gasteiger partial charge is 0.416 e. The summed E-state index contributed by atoms with van der Waals surface area (Å²) in [4.78, 5) is 0. The van der Waals surface area contributed by atoms with Gasteiger partial charge in [0.05, 0.1) is 5.56 Å². The third-order valence-corrected chi connectivity index (χ3v) is 2.26. The second kappa shape index (κ2) is 2.37. The van der Waals surface area contributed by atoms with Crippen LogP contribution >= 0.6 is 0 Å². The number of benzene rings is 1. The van der Waals surface area contributed by atoms with E-state index in [1.54, 1.807) is 6.08 Å². The SMILES string of the molecule is C=Cc1c2cc(C(F)(F)F)cc1C2. The molecular formula is C10H7F3. The standard InChI is InChI=1S/C10H7F3/c1-2-9-6-3-7(9)5-8(4-6)10(11,12)13/h2,4-5H,1,3H2. The van der Waals surface area contributed by atoms with Gasteiger partial charge in [-0.15, -0.1) is 0 Å². The molecule has 2 aliphatic carbocycles. The lowest BCUT2D eigenvalue weighted by molar-refractivity contribution is -0.137. The molecule has 0 aromatic heterocycles. The van der Waals surface area contributed by atoms with Gasteiger partial charge in [-0.2, -0.15) is 13.2 Å². The molecule has 13 heavy (non-hydrogen) atoms. The molecule has 0 N–H and O–H groups in total. The van der Waals surface area contributed by atoms with Crippen molar-refractivity contribution >= 4 is 6.08 Å². The van der Waals surface area contributed by atoms with Crippen molar-refractivity contribution in [3.05, 3.63) is 41.0 Å². The van der Waals surface area contributed by atoms with E-state index in [0.717, 1.165) is 16.7 Å². The van der Waals surface area contributed by atoms with Crippen LogP contribution in [-0.2, 0) is 12.6 Å². The summed E-state index contributed by atoms with van der Waals surface area (Å²) >= 11 is 0. The quantitative estimate of drug-likeness (QED) is 0.638. The minimum absolute atomic E-state index is 0.547. The molecular weight excluding hydrogens is 177 g/mol. The summed E-state index contributed by atoms with van der Waals surface area (Å²) in [6.07, 6.45) is -1.96. The molecule has 1 aromatic carbocycles. The second-order valence-electron chi connectivity index (χ2n) is 3.09. The van der Waals surface area contributed by atoms with Gasteiger partial charge in [-0.05, 0) is 35.2 Å². The number of rotatable bonds is 1. The zero-order chi connectivity index (χ0) is 9.64. The molecule has 0 aliphatic heterocycles. The second-order valence-corrected chi connectivity index (χ2v) is 3.09. The summed E-state index contributed by atoms with van der Waals surface area (Å²) in [5, 5.41) is 0. The Kier molecular flexibility index (Phi) is 1.53. The van der Waals surface area contributed by atoms with Gasteiger partial charge < -0.3 is 0 Å². The minimum Gasteiger partial charge on any atom is -0.166 e. The van der Waals surface area contributed by atoms with Crippen molar-refractivity contribution in [1.82, 2.24) is 0 Å². The van der Waals surface area contributed by atoms with Crippen molar-refractivity contribution in [2.45, 2.75) is 12.6 Å². The van der Waals surface area contributed by atoms with Crippen LogP contribution < -0.4 is 0 Å². The molecule has 2 aliphatic rings. The van der Waals surface area contributed by atoms with Gasteiger partial charge in [0.1, 0.15) is 0 Å². The van der Waals surface area contributed by atoms with Crippen LogP contribution in [0.5, 0.6) is 0 Å². The van der Waals surface area contributed by atoms with Crippen molar-refractivity contribution in [3.63, 3.8) is 0 Å². The van der Waals surface area contributed by atoms with Crippen LogP contribution in [0.2, 0.25) is 0 Å². The Labute approximate surface area is 73.7 Å². The molecule has 0 saturated heterocycles. The van der Waals surface area contributed by atoms with Crippen LogP contribution in [0, 0.1) is 0 Å². The fourth-order valence-electron chi connectivity index (χ4n) is 1.60. The number of hydrogen-bond acceptors (Lipinski definition) is 0. The predicted octanol–water partition coefficient (Wildman–Crippen LogP) is 3.25. The average molecular weight is 184 g/mol. The van der Waals surface area contributed by atoms with E-state index < -0.39 is 11.7 Å². The third-order valence-electron chi connectivity index (χ3n) is 2.26. The van der Waals surface area contributed by atoms with Crippen molar-refractivity contribution in [3.8, 4) is 0 Å². The molecule has 0 radical (unpaired) electrons. The van der Waals surface area contributed by atoms with Gasteiger partial charge in [0.15, 0.2) is 0 Å². The lowest BCUT2D eigenvalue weighted by Crippen LogP contribution is -2.14. The highest BCUT2D eigenvalue weighted by molar-refractivity contribution is 5.66. The van der Waals surface area contributed by atoms with Crippen LogP contribution in [0.15, 0.2) is 18.7 Å². The van der Waals surface area contributed by atoms with E-state index in [0.29, 0.717) is 6.42 Å². The van der Waals surface area contributed by atoms with E-state index in [-0.39, 0.29) is 0 Å². The van der Waals surface area contributed by atoms with Gasteiger partial charge >= 0.3 is 6.18 Å². The molecule has 2 bridgehead atoms. The summed E-state index contributed by atoms with van der Waals surface area (Å²) < 4.78 is 36.6. The zero-order valence-electron chi connectivity index (χ0n) is 6.78. The first-order valence-corrected chi connectivity index (χ1v) is 3.88. The lowest BCUT2D eigenvalue weighted by atomic mass is 9.82. The van der Waals surface area contributed by atoms with Gasteiger partial charge in [0.2, 0.25) is 0 Å². The predicted molar refractivity (Wildman–Crippen MR) is 44.3 cm³/mol. The fraction of sp³-hybridized carbons (Fsp3) is 0.200. The van der Waals surface area contributed by atoms with Crippen molar-refractivity contribution in [1.29, 1.82) is 0 Å². The lowest BCUT2D eigenvalue weighted by Gasteiger charge is -2.23. The first kappa shape index (κ1) is 8.35. The monoisotopic (exact) mass is 184 g/mol. The minimum atomic E-state index is -4.22. The molecule has 0 amide bonds. The van der Waals surface area contributed by atoms with Crippen LogP contribution in [-0.4, -0.2) is 0 Å². The average Bonchev–Trinajstić information content (AvgIpc) is 2.03. The Morgan fingerprint density at radius 2 is 1.77 bits per heavy atom. The number of alkyl halides is 3. The Balaban J connectivity index is 2.48. The zero-order valence-corrected chi connectivity index (χ0v) is 6.78. The van der Waals surface area contributed by atoms with E-state index in [2.05, 4.69) is 6.58 Å². The molecule has 3 rings (SSSR count). The summed E-state index contributed by atoms with van der Waals surface area (Å²) in [5.41, 5.74) is 1.82. The molecule has 0 spiro atoms. The van der Waals surface area contributed by atoms with Crippen LogP contribution in [0.4, 0.5) is 13.2 Å². The summed E-state index contributed by atoms with van der Waals surface area (Å²) in [6.45, 7) is 3.54. The molecule has 0 atom stereocenters. The van der Waals surface area contributed by atoms with E-state index >= 15 is 0 Å². The molecule has 0 saturated carbocycles. The van der Waals surface area contributed by atoms with Crippen molar-refractivity contribution in [2.24, 2.45) is 0 Å². The Hall–Kier alpha value is -1.25. The van der Waals surface area contributed by atoms with Gasteiger partial charge in [-0.1, -0.05) is 12.7 Å². The van der Waals surface area contributed by atoms with Crippen LogP contribution in [0.3, 0.4) is 0 Å². The summed E-state index contributed by atoms with van der Waals surface area (Å²) in [5.74, 6) is 0. The highest BCUT2D eigenvalue weighted by Crippen LogP contribution is 2.38. The topological polar surface area (TPSA) is 0 Å². The van der Waals surface area contributed by atoms with Crippen molar-refractivity contribution < 1.29 is 13.2 Å². The summed E-state index contributed by atoms with van der Waals surface area (Å²) in [6, 6.07) is 2.40. The number of hydrogen-bond donors (Lipinski definition) is 0. The Bertz CT molecular complexity index is 351. The maximum absolute atomic E-state index is 12.2. The molecule has 1 aromatic rings. The molecule has 0 fully saturated rings. The van der Waals surface area contributed by atoms with E-state index in [1.165, 1.54) is 12.1 Å². The highest BCUT2D eigenvalue weighted by atomic mass is 19.4. The van der Waals surface area contributed by atoms with Gasteiger partial charge in [0, 0.05) is 0 Å². The van der Waals surface area contributed by atoms with Gasteiger partial charge in [0.25, 0.3) is 0 Å². The molecule has 0 unspecified atom stereocenters. The van der Waals surface area contributed by atoms with Crippen LogP contribution in [0.1, 0.15) is 22.3 Å². The molecule has 0 nitrogen and oxygen atoms in total. The Morgan fingerprint density at radius 1 is 1.23 bits per heavy atom. The molecule has 68 valence electrons. The molecule has 0 heterocycles. The Morgan fingerprint density at radius 3 is 2.15 bits per heavy atom. The van der Waals surface area contributed by atoms with Gasteiger partial charge in [-0.25, -0.2) is 0 Å². The number of fused-ring (bicyclic) bond motifs is 2. The smallest absolute Gasteiger partial charge is 0.166 e. The molecule has 3 heteroatoms. The van der Waals surface area contributed by atoms with Gasteiger partial charge in [-0.3, -0.25) is 0 Å². The first-order chi connectivity index (χ1) is 6.02. The third kappa shape index (κ3) is 1.15. The maximum Gasteiger partial charge on any atom is 0.416 e. The summed E-state index contributed by atoms with van der Waals surface area (Å²) in [7, 11) is 0. The normalized spacial score (nSPS) is 13.8. The van der Waals surface area contributed by atoms with E-state index in [1.807, 2.05) is 0 Å². The highest BCUT2D eigenvalue weighted by Gasteiger charge is 2.34. The first-order valence-electron chi connectivity index (χ1n) is 3.88. The van der Waals surface area contributed by atoms with E-state index in [9.17, 15) is 13.2 Å². The maximum atomic E-state index is 12.2. The number of halogens is 3. The van der Waals surface area contributed by atoms with Crippen molar-refractivity contribution in [2.75, 3.05) is 0 Å². The van der Waals surface area contributed by atoms with E-state index in [4.69, 9.17) is 0 Å². The fourth-order valence-corrected chi connectivity index (χ4v) is 1.60. The van der Waals surface area contributed by atoms with Crippen LogP contribution in [0.25, 0.3) is 6.08 Å².